The summed E-state index contributed by atoms with van der Waals surface area (Å²) in [5.74, 6) is 0.951. The number of nitrogens with zero attached hydrogens (tertiary/aromatic N) is 4. The standard InChI is InChI=1S/C23H30N4O3S/c1-15-4-5-17-18(13-15)31-22-21(17)23(30)27(14-24-22)16-6-10-26(11-7-16)20(29)8-12-25-9-2-3-19(25)28/h14-16H,2-13H2,1H3/t15-/m1/s1. The third kappa shape index (κ3) is 3.90. The predicted molar refractivity (Wildman–Crippen MR) is 120 cm³/mol. The SMILES string of the molecule is C[C@@H]1CCc2c(sc3ncn(C4CCN(C(=O)CCN5CCCC5=O)CC4)c(=O)c23)C1. The van der Waals surface area contributed by atoms with Gasteiger partial charge in [0.25, 0.3) is 5.56 Å². The topological polar surface area (TPSA) is 75.5 Å². The summed E-state index contributed by atoms with van der Waals surface area (Å²) < 4.78 is 1.82. The molecule has 2 amide bonds. The molecule has 4 heterocycles. The number of carbonyl (C=O) groups is 2. The van der Waals surface area contributed by atoms with Crippen LogP contribution in [0.25, 0.3) is 10.2 Å². The normalized spacial score (nSPS) is 22.4. The summed E-state index contributed by atoms with van der Waals surface area (Å²) in [6.07, 6.45) is 8.33. The van der Waals surface area contributed by atoms with Gasteiger partial charge in [0.15, 0.2) is 0 Å². The summed E-state index contributed by atoms with van der Waals surface area (Å²) in [5, 5.41) is 0.836. The lowest BCUT2D eigenvalue weighted by Gasteiger charge is -2.33. The van der Waals surface area contributed by atoms with E-state index in [2.05, 4.69) is 11.9 Å². The number of piperidine rings is 1. The van der Waals surface area contributed by atoms with Crippen molar-refractivity contribution in [2.24, 2.45) is 5.92 Å². The van der Waals surface area contributed by atoms with E-state index in [-0.39, 0.29) is 23.4 Å². The molecular formula is C23H30N4O3S. The highest BCUT2D eigenvalue weighted by atomic mass is 32.1. The van der Waals surface area contributed by atoms with E-state index >= 15 is 0 Å². The van der Waals surface area contributed by atoms with E-state index in [9.17, 15) is 14.4 Å². The number of fused-ring (bicyclic) bond motifs is 3. The number of hydrogen-bond acceptors (Lipinski definition) is 5. The zero-order valence-electron chi connectivity index (χ0n) is 18.1. The molecule has 2 aliphatic heterocycles. The van der Waals surface area contributed by atoms with Crippen LogP contribution in [0.4, 0.5) is 0 Å². The van der Waals surface area contributed by atoms with Gasteiger partial charge in [-0.05, 0) is 50.0 Å². The fourth-order valence-corrected chi connectivity index (χ4v) is 6.67. The maximum absolute atomic E-state index is 13.3. The van der Waals surface area contributed by atoms with Crippen LogP contribution in [0.15, 0.2) is 11.1 Å². The monoisotopic (exact) mass is 442 g/mol. The van der Waals surface area contributed by atoms with E-state index in [0.29, 0.717) is 38.4 Å². The van der Waals surface area contributed by atoms with Gasteiger partial charge in [-0.2, -0.15) is 0 Å². The van der Waals surface area contributed by atoms with Crippen molar-refractivity contribution in [1.82, 2.24) is 19.4 Å². The number of aryl methyl sites for hydroxylation is 1. The van der Waals surface area contributed by atoms with Crippen LogP contribution in [0.2, 0.25) is 0 Å². The molecule has 7 nitrogen and oxygen atoms in total. The van der Waals surface area contributed by atoms with E-state index in [1.807, 2.05) is 9.47 Å². The van der Waals surface area contributed by atoms with Gasteiger partial charge in [-0.25, -0.2) is 4.98 Å². The van der Waals surface area contributed by atoms with Crippen LogP contribution < -0.4 is 5.56 Å². The van der Waals surface area contributed by atoms with Crippen molar-refractivity contribution < 1.29 is 9.59 Å². The second kappa shape index (κ2) is 8.37. The first-order valence-electron chi connectivity index (χ1n) is 11.6. The van der Waals surface area contributed by atoms with Crippen LogP contribution in [0.5, 0.6) is 0 Å². The Balaban J connectivity index is 1.25. The number of likely N-dealkylation sites (tertiary alicyclic amines) is 2. The Morgan fingerprint density at radius 3 is 2.71 bits per heavy atom. The van der Waals surface area contributed by atoms with Crippen molar-refractivity contribution in [3.63, 3.8) is 0 Å². The van der Waals surface area contributed by atoms with Gasteiger partial charge >= 0.3 is 0 Å². The molecule has 0 N–H and O–H groups in total. The Labute approximate surface area is 186 Å². The number of aromatic nitrogens is 2. The maximum Gasteiger partial charge on any atom is 0.262 e. The molecular weight excluding hydrogens is 412 g/mol. The minimum Gasteiger partial charge on any atom is -0.342 e. The van der Waals surface area contributed by atoms with Gasteiger partial charge in [0.2, 0.25) is 11.8 Å². The van der Waals surface area contributed by atoms with E-state index < -0.39 is 0 Å². The molecule has 2 aromatic rings. The molecule has 0 aromatic carbocycles. The summed E-state index contributed by atoms with van der Waals surface area (Å²) >= 11 is 1.69. The first-order chi connectivity index (χ1) is 15.0. The van der Waals surface area contributed by atoms with Gasteiger partial charge in [-0.1, -0.05) is 6.92 Å². The first-order valence-corrected chi connectivity index (χ1v) is 12.4. The molecule has 1 aliphatic carbocycles. The van der Waals surface area contributed by atoms with Crippen molar-refractivity contribution in [3.05, 3.63) is 27.1 Å². The highest BCUT2D eigenvalue weighted by Gasteiger charge is 2.28. The fraction of sp³-hybridized carbons (Fsp3) is 0.652. The molecule has 3 aliphatic rings. The van der Waals surface area contributed by atoms with Gasteiger partial charge < -0.3 is 9.80 Å². The number of amides is 2. The molecule has 166 valence electrons. The third-order valence-corrected chi connectivity index (χ3v) is 8.38. The van der Waals surface area contributed by atoms with Crippen LogP contribution in [0, 0.1) is 5.92 Å². The third-order valence-electron chi connectivity index (χ3n) is 7.22. The molecule has 31 heavy (non-hydrogen) atoms. The van der Waals surface area contributed by atoms with Gasteiger partial charge in [0.1, 0.15) is 4.83 Å². The zero-order valence-corrected chi connectivity index (χ0v) is 19.0. The molecule has 0 unspecified atom stereocenters. The van der Waals surface area contributed by atoms with Gasteiger partial charge in [-0.15, -0.1) is 11.3 Å². The number of thiophene rings is 1. The molecule has 0 saturated carbocycles. The molecule has 2 saturated heterocycles. The summed E-state index contributed by atoms with van der Waals surface area (Å²) in [6.45, 7) is 4.89. The summed E-state index contributed by atoms with van der Waals surface area (Å²) in [6, 6.07) is 0.0895. The maximum atomic E-state index is 13.3. The second-order valence-corrected chi connectivity index (χ2v) is 10.4. The Hall–Kier alpha value is -2.22. The molecule has 0 spiro atoms. The van der Waals surface area contributed by atoms with Crippen molar-refractivity contribution >= 4 is 33.4 Å². The molecule has 5 rings (SSSR count). The Kier molecular flexibility index (Phi) is 5.58. The number of carbonyl (C=O) groups excluding carboxylic acids is 2. The quantitative estimate of drug-likeness (QED) is 0.730. The Morgan fingerprint density at radius 2 is 1.97 bits per heavy atom. The Bertz CT molecular complexity index is 1070. The van der Waals surface area contributed by atoms with E-state index in [4.69, 9.17) is 0 Å². The lowest BCUT2D eigenvalue weighted by Crippen LogP contribution is -2.42. The summed E-state index contributed by atoms with van der Waals surface area (Å²) in [5.41, 5.74) is 1.32. The lowest BCUT2D eigenvalue weighted by molar-refractivity contribution is -0.134. The number of rotatable bonds is 4. The molecule has 0 radical (unpaired) electrons. The molecule has 8 heteroatoms. The highest BCUT2D eigenvalue weighted by molar-refractivity contribution is 7.18. The fourth-order valence-electron chi connectivity index (χ4n) is 5.33. The average Bonchev–Trinajstić information content (AvgIpc) is 3.35. The van der Waals surface area contributed by atoms with Crippen molar-refractivity contribution in [3.8, 4) is 0 Å². The van der Waals surface area contributed by atoms with E-state index in [1.54, 1.807) is 22.6 Å². The van der Waals surface area contributed by atoms with Crippen LogP contribution in [-0.4, -0.2) is 57.3 Å². The van der Waals surface area contributed by atoms with Crippen molar-refractivity contribution in [2.45, 2.75) is 64.3 Å². The largest absolute Gasteiger partial charge is 0.342 e. The van der Waals surface area contributed by atoms with Crippen molar-refractivity contribution in [2.75, 3.05) is 26.2 Å². The molecule has 2 fully saturated rings. The smallest absolute Gasteiger partial charge is 0.262 e. The molecule has 2 aromatic heterocycles. The minimum absolute atomic E-state index is 0.0895. The van der Waals surface area contributed by atoms with E-state index in [1.165, 1.54) is 10.4 Å². The molecule has 0 bridgehead atoms. The summed E-state index contributed by atoms with van der Waals surface area (Å²) in [7, 11) is 0. The molecule has 1 atom stereocenters. The van der Waals surface area contributed by atoms with Crippen molar-refractivity contribution in [1.29, 1.82) is 0 Å². The van der Waals surface area contributed by atoms with Gasteiger partial charge in [0, 0.05) is 49.9 Å². The van der Waals surface area contributed by atoms with Crippen LogP contribution in [0.1, 0.15) is 61.9 Å². The first kappa shape index (κ1) is 20.7. The van der Waals surface area contributed by atoms with E-state index in [0.717, 1.165) is 55.3 Å². The average molecular weight is 443 g/mol. The Morgan fingerprint density at radius 1 is 1.16 bits per heavy atom. The van der Waals surface area contributed by atoms with Crippen LogP contribution in [-0.2, 0) is 22.4 Å². The van der Waals surface area contributed by atoms with Gasteiger partial charge in [0.05, 0.1) is 11.7 Å². The van der Waals surface area contributed by atoms with Crippen LogP contribution >= 0.6 is 11.3 Å². The lowest BCUT2D eigenvalue weighted by atomic mass is 9.89. The van der Waals surface area contributed by atoms with Gasteiger partial charge in [-0.3, -0.25) is 19.0 Å². The van der Waals surface area contributed by atoms with Crippen LogP contribution in [0.3, 0.4) is 0 Å². The highest BCUT2D eigenvalue weighted by Crippen LogP contribution is 2.36. The second-order valence-electron chi connectivity index (χ2n) is 9.34. The zero-order chi connectivity index (χ0) is 21.5. The minimum atomic E-state index is 0.0895. The predicted octanol–water partition coefficient (Wildman–Crippen LogP) is 2.76. The summed E-state index contributed by atoms with van der Waals surface area (Å²) in [4.78, 5) is 48.2. The number of hydrogen-bond donors (Lipinski definition) is 0.